The van der Waals surface area contributed by atoms with Gasteiger partial charge in [-0.2, -0.15) is 0 Å². The Morgan fingerprint density at radius 3 is 2.73 bits per heavy atom. The maximum atomic E-state index is 12.4. The fourth-order valence-corrected chi connectivity index (χ4v) is 2.80. The second-order valence-electron chi connectivity index (χ2n) is 5.50. The molecule has 1 aromatic carbocycles. The number of benzene rings is 1. The molecule has 160 valence electrons. The van der Waals surface area contributed by atoms with Crippen LogP contribution in [0.25, 0.3) is 0 Å². The van der Waals surface area contributed by atoms with Crippen LogP contribution in [0.4, 0.5) is 10.5 Å². The molecule has 0 unspecified atom stereocenters. The smallest absolute Gasteiger partial charge is 0.340 e. The number of aromatic nitrogens is 4. The van der Waals surface area contributed by atoms with Gasteiger partial charge in [0.15, 0.2) is 6.61 Å². The molecule has 2 N–H and O–H groups in total. The Morgan fingerprint density at radius 2 is 2.10 bits per heavy atom. The van der Waals surface area contributed by atoms with Crippen molar-refractivity contribution in [3.63, 3.8) is 0 Å². The van der Waals surface area contributed by atoms with Crippen LogP contribution in [0.15, 0.2) is 28.3 Å². The first-order valence-corrected chi connectivity index (χ1v) is 9.06. The fourth-order valence-electron chi connectivity index (χ4n) is 1.97. The number of hydrogen-bond donors (Lipinski definition) is 2. The van der Waals surface area contributed by atoms with Crippen LogP contribution in [0.5, 0.6) is 0 Å². The van der Waals surface area contributed by atoms with Gasteiger partial charge in [-0.1, -0.05) is 0 Å². The minimum absolute atomic E-state index is 0.158. The van der Waals surface area contributed by atoms with Crippen LogP contribution in [0, 0.1) is 10.1 Å². The van der Waals surface area contributed by atoms with Crippen LogP contribution in [-0.4, -0.2) is 69.9 Å². The number of esters is 1. The van der Waals surface area contributed by atoms with Crippen molar-refractivity contribution in [3.05, 3.63) is 33.9 Å². The molecule has 14 nitrogen and oxygen atoms in total. The molecular formula is C15H17N7O7S. The van der Waals surface area contributed by atoms with Crippen LogP contribution in [0.1, 0.15) is 10.4 Å². The van der Waals surface area contributed by atoms with E-state index in [0.717, 1.165) is 17.8 Å². The van der Waals surface area contributed by atoms with Crippen molar-refractivity contribution < 1.29 is 28.8 Å². The number of hydrogen-bond acceptors (Lipinski definition) is 11. The quantitative estimate of drug-likeness (QED) is 0.230. The summed E-state index contributed by atoms with van der Waals surface area (Å²) in [6.07, 6.45) is 0. The first-order valence-electron chi connectivity index (χ1n) is 8.24. The van der Waals surface area contributed by atoms with Crippen molar-refractivity contribution in [2.75, 3.05) is 26.9 Å². The minimum Gasteiger partial charge on any atom is -0.452 e. The van der Waals surface area contributed by atoms with Gasteiger partial charge in [-0.15, -0.1) is 5.10 Å². The standard InChI is InChI=1S/C15H17N7O7S/c1-21-15(18-19-20-21)30-11-4-3-9(22(26)27)7-10(11)13(24)29-8-12(23)17-14(25)16-5-6-28-2/h3-4,7H,5-6,8H2,1-2H3,(H2,16,17,23,25). The molecule has 0 radical (unpaired) electrons. The van der Waals surface area contributed by atoms with Crippen molar-refractivity contribution in [1.82, 2.24) is 30.8 Å². The number of nitro groups is 1. The van der Waals surface area contributed by atoms with Gasteiger partial charge >= 0.3 is 12.0 Å². The van der Waals surface area contributed by atoms with Gasteiger partial charge in [0.05, 0.1) is 17.1 Å². The zero-order valence-electron chi connectivity index (χ0n) is 15.9. The Balaban J connectivity index is 2.06. The molecule has 1 aromatic heterocycles. The zero-order valence-corrected chi connectivity index (χ0v) is 16.7. The van der Waals surface area contributed by atoms with Crippen molar-refractivity contribution in [3.8, 4) is 0 Å². The number of methoxy groups -OCH3 is 1. The summed E-state index contributed by atoms with van der Waals surface area (Å²) in [7, 11) is 3.03. The van der Waals surface area contributed by atoms with Gasteiger partial charge < -0.3 is 14.8 Å². The third kappa shape index (κ3) is 6.49. The summed E-state index contributed by atoms with van der Waals surface area (Å²) < 4.78 is 11.0. The number of nitrogens with one attached hydrogen (secondary N) is 2. The van der Waals surface area contributed by atoms with E-state index in [2.05, 4.69) is 20.8 Å². The molecule has 0 aliphatic rings. The third-order valence-electron chi connectivity index (χ3n) is 3.36. The van der Waals surface area contributed by atoms with E-state index in [1.165, 1.54) is 23.9 Å². The van der Waals surface area contributed by atoms with E-state index in [-0.39, 0.29) is 29.3 Å². The molecule has 0 bridgehead atoms. The molecule has 15 heteroatoms. The number of nitro benzene ring substituents is 1. The lowest BCUT2D eigenvalue weighted by Crippen LogP contribution is -2.42. The highest BCUT2D eigenvalue weighted by molar-refractivity contribution is 7.99. The maximum absolute atomic E-state index is 12.4. The number of rotatable bonds is 9. The van der Waals surface area contributed by atoms with Crippen molar-refractivity contribution in [2.24, 2.45) is 7.05 Å². The number of non-ortho nitro benzene ring substituents is 1. The van der Waals surface area contributed by atoms with Crippen LogP contribution < -0.4 is 10.6 Å². The zero-order chi connectivity index (χ0) is 22.1. The lowest BCUT2D eigenvalue weighted by Gasteiger charge is -2.09. The molecular weight excluding hydrogens is 422 g/mol. The predicted molar refractivity (Wildman–Crippen MR) is 99.7 cm³/mol. The summed E-state index contributed by atoms with van der Waals surface area (Å²) in [5.41, 5.74) is -0.501. The first kappa shape index (κ1) is 22.7. The summed E-state index contributed by atoms with van der Waals surface area (Å²) in [5.74, 6) is -1.87. The number of carbonyl (C=O) groups is 3. The van der Waals surface area contributed by atoms with Gasteiger partial charge in [0.25, 0.3) is 11.6 Å². The van der Waals surface area contributed by atoms with Crippen LogP contribution in [0.2, 0.25) is 0 Å². The Kier molecular flexibility index (Phi) is 8.18. The topological polar surface area (TPSA) is 180 Å². The van der Waals surface area contributed by atoms with Gasteiger partial charge in [0, 0.05) is 37.7 Å². The van der Waals surface area contributed by atoms with Crippen LogP contribution in [-0.2, 0) is 21.3 Å². The van der Waals surface area contributed by atoms with E-state index in [4.69, 9.17) is 9.47 Å². The highest BCUT2D eigenvalue weighted by Gasteiger charge is 2.21. The van der Waals surface area contributed by atoms with Gasteiger partial charge in [-0.05, 0) is 28.3 Å². The summed E-state index contributed by atoms with van der Waals surface area (Å²) >= 11 is 0.979. The molecule has 0 saturated heterocycles. The number of imide groups is 1. The summed E-state index contributed by atoms with van der Waals surface area (Å²) in [6.45, 7) is -0.333. The van der Waals surface area contributed by atoms with E-state index in [0.29, 0.717) is 5.16 Å². The Hall–Kier alpha value is -3.59. The second kappa shape index (κ2) is 10.8. The number of aryl methyl sites for hydroxylation is 1. The second-order valence-corrected chi connectivity index (χ2v) is 6.51. The molecule has 0 atom stereocenters. The normalized spacial score (nSPS) is 10.3. The predicted octanol–water partition coefficient (Wildman–Crippen LogP) is -0.101. The lowest BCUT2D eigenvalue weighted by molar-refractivity contribution is -0.384. The van der Waals surface area contributed by atoms with E-state index in [9.17, 15) is 24.5 Å². The number of amides is 3. The highest BCUT2D eigenvalue weighted by atomic mass is 32.2. The molecule has 0 aliphatic carbocycles. The molecule has 1 heterocycles. The molecule has 0 saturated carbocycles. The molecule has 2 rings (SSSR count). The number of tetrazole rings is 1. The number of nitrogens with zero attached hydrogens (tertiary/aromatic N) is 5. The average molecular weight is 439 g/mol. The number of carbonyl (C=O) groups excluding carboxylic acids is 3. The van der Waals surface area contributed by atoms with Gasteiger partial charge in [0.2, 0.25) is 5.16 Å². The molecule has 30 heavy (non-hydrogen) atoms. The van der Waals surface area contributed by atoms with E-state index >= 15 is 0 Å². The van der Waals surface area contributed by atoms with Crippen molar-refractivity contribution in [2.45, 2.75) is 10.1 Å². The van der Waals surface area contributed by atoms with Gasteiger partial charge in [-0.25, -0.2) is 14.3 Å². The Morgan fingerprint density at radius 1 is 1.33 bits per heavy atom. The largest absolute Gasteiger partial charge is 0.452 e. The lowest BCUT2D eigenvalue weighted by atomic mass is 10.2. The summed E-state index contributed by atoms with van der Waals surface area (Å²) in [4.78, 5) is 46.3. The number of urea groups is 1. The van der Waals surface area contributed by atoms with E-state index in [1.54, 1.807) is 7.05 Å². The van der Waals surface area contributed by atoms with Crippen molar-refractivity contribution in [1.29, 1.82) is 0 Å². The highest BCUT2D eigenvalue weighted by Crippen LogP contribution is 2.31. The molecule has 0 fully saturated rings. The molecule has 2 aromatic rings. The fraction of sp³-hybridized carbons (Fsp3) is 0.333. The minimum atomic E-state index is -0.994. The van der Waals surface area contributed by atoms with Gasteiger partial charge in [0.1, 0.15) is 0 Å². The monoisotopic (exact) mass is 439 g/mol. The molecule has 3 amide bonds. The van der Waals surface area contributed by atoms with Crippen LogP contribution >= 0.6 is 11.8 Å². The summed E-state index contributed by atoms with van der Waals surface area (Å²) in [5, 5.41) is 26.6. The molecule has 0 aliphatic heterocycles. The van der Waals surface area contributed by atoms with Crippen LogP contribution in [0.3, 0.4) is 0 Å². The first-order chi connectivity index (χ1) is 14.3. The SMILES string of the molecule is COCCNC(=O)NC(=O)COC(=O)c1cc([N+](=O)[O-])ccc1Sc1nnnn1C. The van der Waals surface area contributed by atoms with Crippen molar-refractivity contribution >= 4 is 35.4 Å². The average Bonchev–Trinajstić information content (AvgIpc) is 3.11. The third-order valence-corrected chi connectivity index (χ3v) is 4.46. The van der Waals surface area contributed by atoms with E-state index < -0.39 is 29.4 Å². The molecule has 0 spiro atoms. The van der Waals surface area contributed by atoms with E-state index in [1.807, 2.05) is 5.32 Å². The maximum Gasteiger partial charge on any atom is 0.340 e. The Labute approximate surface area is 173 Å². The Bertz CT molecular complexity index is 949. The summed E-state index contributed by atoms with van der Waals surface area (Å²) in [6, 6.07) is 2.79. The van der Waals surface area contributed by atoms with Gasteiger partial charge in [-0.3, -0.25) is 20.2 Å². The number of ether oxygens (including phenoxy) is 2.